The quantitative estimate of drug-likeness (QED) is 0.851. The summed E-state index contributed by atoms with van der Waals surface area (Å²) in [4.78, 5) is 14.7. The molecule has 1 N–H and O–H groups in total. The lowest BCUT2D eigenvalue weighted by Gasteiger charge is -2.00. The Balaban J connectivity index is 2.58. The Morgan fingerprint density at radius 2 is 2.11 bits per heavy atom. The Labute approximate surface area is 111 Å². The van der Waals surface area contributed by atoms with Crippen molar-refractivity contribution in [1.29, 1.82) is 0 Å². The van der Waals surface area contributed by atoms with Crippen LogP contribution in [-0.4, -0.2) is 17.6 Å². The second-order valence-electron chi connectivity index (χ2n) is 4.58. The number of carbonyl (C=O) groups excluding carboxylic acids is 1. The minimum Gasteiger partial charge on any atom is -0.461 e. The number of hydrogen-bond donors (Lipinski definition) is 1. The van der Waals surface area contributed by atoms with Crippen LogP contribution in [0.5, 0.6) is 0 Å². The average molecular weight is 261 g/mol. The summed E-state index contributed by atoms with van der Waals surface area (Å²) < 4.78 is 18.5. The highest BCUT2D eigenvalue weighted by atomic mass is 19.1. The monoisotopic (exact) mass is 261 g/mol. The minimum atomic E-state index is -0.428. The molecule has 2 aromatic rings. The summed E-state index contributed by atoms with van der Waals surface area (Å²) in [6, 6.07) is 4.45. The molecule has 1 aromatic heterocycles. The third kappa shape index (κ3) is 2.84. The van der Waals surface area contributed by atoms with Crippen LogP contribution < -0.4 is 0 Å². The van der Waals surface area contributed by atoms with Crippen LogP contribution >= 0.6 is 0 Å². The van der Waals surface area contributed by atoms with Crippen molar-refractivity contribution in [3.63, 3.8) is 0 Å². The van der Waals surface area contributed by atoms with Crippen molar-refractivity contribution >= 4 is 22.9 Å². The van der Waals surface area contributed by atoms with Gasteiger partial charge in [0.15, 0.2) is 0 Å². The molecule has 0 radical (unpaired) electrons. The fraction of sp³-hybridized carbons (Fsp3) is 0.267. The van der Waals surface area contributed by atoms with Crippen LogP contribution in [0.4, 0.5) is 4.39 Å². The lowest BCUT2D eigenvalue weighted by atomic mass is 10.1. The Kier molecular flexibility index (Phi) is 3.69. The summed E-state index contributed by atoms with van der Waals surface area (Å²) in [5.41, 5.74) is 2.86. The van der Waals surface area contributed by atoms with Crippen LogP contribution in [0.25, 0.3) is 17.0 Å². The van der Waals surface area contributed by atoms with E-state index in [0.717, 1.165) is 16.7 Å². The molecular weight excluding hydrogens is 245 g/mol. The first-order valence-electron chi connectivity index (χ1n) is 6.15. The Morgan fingerprint density at radius 1 is 1.37 bits per heavy atom. The molecule has 0 spiro atoms. The number of halogens is 1. The number of esters is 1. The molecule has 0 bridgehead atoms. The van der Waals surface area contributed by atoms with Crippen molar-refractivity contribution in [1.82, 2.24) is 4.98 Å². The molecule has 0 unspecified atom stereocenters. The Morgan fingerprint density at radius 3 is 2.74 bits per heavy atom. The van der Waals surface area contributed by atoms with Crippen LogP contribution in [-0.2, 0) is 4.74 Å². The van der Waals surface area contributed by atoms with Gasteiger partial charge >= 0.3 is 5.97 Å². The van der Waals surface area contributed by atoms with E-state index in [2.05, 4.69) is 4.98 Å². The zero-order valence-corrected chi connectivity index (χ0v) is 11.2. The van der Waals surface area contributed by atoms with Gasteiger partial charge in [-0.15, -0.1) is 0 Å². The molecule has 0 fully saturated rings. The van der Waals surface area contributed by atoms with Crippen molar-refractivity contribution < 1.29 is 13.9 Å². The average Bonchev–Trinajstić information content (AvgIpc) is 2.72. The number of allylic oxidation sites excluding steroid dienone is 1. The molecule has 0 saturated heterocycles. The van der Waals surface area contributed by atoms with Crippen molar-refractivity contribution in [2.75, 3.05) is 6.61 Å². The van der Waals surface area contributed by atoms with Gasteiger partial charge in [0.2, 0.25) is 0 Å². The van der Waals surface area contributed by atoms with Crippen LogP contribution in [0, 0.1) is 5.82 Å². The molecule has 3 nitrogen and oxygen atoms in total. The maximum absolute atomic E-state index is 13.5. The molecule has 0 aliphatic rings. The molecule has 4 heteroatoms. The smallest absolute Gasteiger partial charge is 0.354 e. The molecule has 1 heterocycles. The molecule has 0 amide bonds. The first kappa shape index (κ1) is 13.3. The van der Waals surface area contributed by atoms with Gasteiger partial charge in [0.05, 0.1) is 12.1 Å². The summed E-state index contributed by atoms with van der Waals surface area (Å²) >= 11 is 0. The topological polar surface area (TPSA) is 42.1 Å². The van der Waals surface area contributed by atoms with E-state index in [0.29, 0.717) is 17.7 Å². The van der Waals surface area contributed by atoms with Crippen LogP contribution in [0.15, 0.2) is 23.8 Å². The summed E-state index contributed by atoms with van der Waals surface area (Å²) in [7, 11) is 0. The molecule has 19 heavy (non-hydrogen) atoms. The van der Waals surface area contributed by atoms with Gasteiger partial charge in [-0.3, -0.25) is 0 Å². The number of fused-ring (bicyclic) bond motifs is 1. The molecule has 0 saturated carbocycles. The van der Waals surface area contributed by atoms with E-state index in [4.69, 9.17) is 4.74 Å². The molecule has 2 rings (SSSR count). The van der Waals surface area contributed by atoms with Crippen molar-refractivity contribution in [2.45, 2.75) is 20.8 Å². The highest BCUT2D eigenvalue weighted by molar-refractivity contribution is 5.97. The number of nitrogens with one attached hydrogen (secondary N) is 1. The van der Waals surface area contributed by atoms with Gasteiger partial charge < -0.3 is 9.72 Å². The second-order valence-corrected chi connectivity index (χ2v) is 4.58. The Hall–Kier alpha value is -2.10. The standard InChI is InChI=1S/C15H16FNO2/c1-4-19-15(18)13-8-11-7-12(16)6-10(5-9(2)3)14(11)17-13/h5-8,17H,4H2,1-3H3. The SMILES string of the molecule is CCOC(=O)c1cc2cc(F)cc(C=C(C)C)c2[nH]1. The maximum Gasteiger partial charge on any atom is 0.354 e. The van der Waals surface area contributed by atoms with E-state index in [9.17, 15) is 9.18 Å². The van der Waals surface area contributed by atoms with Crippen LogP contribution in [0.2, 0.25) is 0 Å². The van der Waals surface area contributed by atoms with Gasteiger partial charge in [0.1, 0.15) is 11.5 Å². The molecular formula is C15H16FNO2. The number of H-pyrrole nitrogens is 1. The van der Waals surface area contributed by atoms with Crippen molar-refractivity contribution in [2.24, 2.45) is 0 Å². The first-order chi connectivity index (χ1) is 9.01. The van der Waals surface area contributed by atoms with E-state index >= 15 is 0 Å². The van der Waals surface area contributed by atoms with E-state index < -0.39 is 5.97 Å². The first-order valence-corrected chi connectivity index (χ1v) is 6.15. The predicted octanol–water partition coefficient (Wildman–Crippen LogP) is 3.91. The fourth-order valence-electron chi connectivity index (χ4n) is 1.98. The van der Waals surface area contributed by atoms with Gasteiger partial charge in [-0.1, -0.05) is 11.6 Å². The van der Waals surface area contributed by atoms with Gasteiger partial charge in [-0.25, -0.2) is 9.18 Å². The minimum absolute atomic E-state index is 0.309. The van der Waals surface area contributed by atoms with Crippen LogP contribution in [0.1, 0.15) is 36.8 Å². The van der Waals surface area contributed by atoms with E-state index in [1.807, 2.05) is 19.9 Å². The van der Waals surface area contributed by atoms with Crippen LogP contribution in [0.3, 0.4) is 0 Å². The third-order valence-electron chi connectivity index (χ3n) is 2.66. The van der Waals surface area contributed by atoms with Crippen molar-refractivity contribution in [3.05, 3.63) is 40.8 Å². The van der Waals surface area contributed by atoms with Gasteiger partial charge in [0, 0.05) is 10.9 Å². The van der Waals surface area contributed by atoms with Gasteiger partial charge in [-0.2, -0.15) is 0 Å². The maximum atomic E-state index is 13.5. The molecule has 0 atom stereocenters. The number of ether oxygens (including phenoxy) is 1. The second kappa shape index (κ2) is 5.26. The number of aromatic amines is 1. The summed E-state index contributed by atoms with van der Waals surface area (Å²) in [6.45, 7) is 5.93. The zero-order valence-electron chi connectivity index (χ0n) is 11.2. The zero-order chi connectivity index (χ0) is 14.0. The van der Waals surface area contributed by atoms with Gasteiger partial charge in [-0.05, 0) is 39.0 Å². The lowest BCUT2D eigenvalue weighted by molar-refractivity contribution is 0.0520. The number of hydrogen-bond acceptors (Lipinski definition) is 2. The van der Waals surface area contributed by atoms with E-state index in [-0.39, 0.29) is 5.82 Å². The molecule has 100 valence electrons. The number of rotatable bonds is 3. The van der Waals surface area contributed by atoms with E-state index in [1.54, 1.807) is 13.0 Å². The highest BCUT2D eigenvalue weighted by Crippen LogP contribution is 2.24. The summed E-state index contributed by atoms with van der Waals surface area (Å²) in [5, 5.41) is 0.663. The number of benzene rings is 1. The van der Waals surface area contributed by atoms with Crippen molar-refractivity contribution in [3.8, 4) is 0 Å². The van der Waals surface area contributed by atoms with E-state index in [1.165, 1.54) is 12.1 Å². The normalized spacial score (nSPS) is 10.5. The molecule has 1 aromatic carbocycles. The predicted molar refractivity (Wildman–Crippen MR) is 73.5 cm³/mol. The summed E-state index contributed by atoms with van der Waals surface area (Å²) in [5.74, 6) is -0.753. The third-order valence-corrected chi connectivity index (χ3v) is 2.66. The highest BCUT2D eigenvalue weighted by Gasteiger charge is 2.12. The Bertz CT molecular complexity index is 651. The summed E-state index contributed by atoms with van der Waals surface area (Å²) in [6.07, 6.45) is 1.87. The lowest BCUT2D eigenvalue weighted by Crippen LogP contribution is -2.04. The molecule has 0 aliphatic carbocycles. The van der Waals surface area contributed by atoms with Gasteiger partial charge in [0.25, 0.3) is 0 Å². The largest absolute Gasteiger partial charge is 0.461 e. The number of aromatic nitrogens is 1. The fourth-order valence-corrected chi connectivity index (χ4v) is 1.98. The number of carbonyl (C=O) groups is 1. The molecule has 0 aliphatic heterocycles.